The van der Waals surface area contributed by atoms with Gasteiger partial charge in [0, 0.05) is 13.3 Å². The molecular formula is C20H22N2O6. The Morgan fingerprint density at radius 1 is 1.00 bits per heavy atom. The summed E-state index contributed by atoms with van der Waals surface area (Å²) in [5.74, 6) is -1.75. The summed E-state index contributed by atoms with van der Waals surface area (Å²) < 4.78 is 5.33. The molecule has 1 amide bonds. The maximum atomic E-state index is 12.5. The average Bonchev–Trinajstić information content (AvgIpc) is 2.64. The number of carbonyl (C=O) groups excluding carboxylic acids is 2. The second-order valence-corrected chi connectivity index (χ2v) is 6.34. The second-order valence-electron chi connectivity index (χ2n) is 6.34. The Bertz CT molecular complexity index is 833. The van der Waals surface area contributed by atoms with Crippen LogP contribution in [0.15, 0.2) is 48.5 Å². The van der Waals surface area contributed by atoms with Gasteiger partial charge in [0.2, 0.25) is 5.91 Å². The van der Waals surface area contributed by atoms with E-state index in [2.05, 4.69) is 5.32 Å². The van der Waals surface area contributed by atoms with Gasteiger partial charge >= 0.3 is 11.9 Å². The van der Waals surface area contributed by atoms with Gasteiger partial charge in [-0.25, -0.2) is 4.79 Å². The summed E-state index contributed by atoms with van der Waals surface area (Å²) in [7, 11) is 0. The number of nitrogens with one attached hydrogen (secondary N) is 1. The molecule has 8 heteroatoms. The van der Waals surface area contributed by atoms with Crippen LogP contribution >= 0.6 is 0 Å². The van der Waals surface area contributed by atoms with Crippen molar-refractivity contribution in [2.24, 2.45) is 5.73 Å². The van der Waals surface area contributed by atoms with Crippen LogP contribution in [0.5, 0.6) is 11.5 Å². The van der Waals surface area contributed by atoms with Gasteiger partial charge in [-0.2, -0.15) is 0 Å². The molecule has 8 nitrogen and oxygen atoms in total. The molecular weight excluding hydrogens is 364 g/mol. The molecule has 2 aromatic rings. The van der Waals surface area contributed by atoms with E-state index < -0.39 is 24.0 Å². The number of carboxylic acids is 1. The van der Waals surface area contributed by atoms with Crippen molar-refractivity contribution in [1.82, 2.24) is 5.32 Å². The number of aromatic hydroxyl groups is 1. The molecule has 0 radical (unpaired) electrons. The lowest BCUT2D eigenvalue weighted by Crippen LogP contribution is -2.43. The van der Waals surface area contributed by atoms with E-state index >= 15 is 0 Å². The SMILES string of the molecule is CC(=O)N[C@@H](Cc1ccc(O)cc1)C(=O)Oc1ccc(C[C@H](N)C(=O)O)cc1. The van der Waals surface area contributed by atoms with Crippen LogP contribution in [0.4, 0.5) is 0 Å². The van der Waals surface area contributed by atoms with Gasteiger partial charge in [-0.1, -0.05) is 24.3 Å². The van der Waals surface area contributed by atoms with Crippen molar-refractivity contribution < 1.29 is 29.3 Å². The van der Waals surface area contributed by atoms with Crippen molar-refractivity contribution in [1.29, 1.82) is 0 Å². The molecule has 0 saturated heterocycles. The quantitative estimate of drug-likeness (QED) is 0.392. The van der Waals surface area contributed by atoms with Gasteiger partial charge in [0.15, 0.2) is 0 Å². The van der Waals surface area contributed by atoms with E-state index in [0.29, 0.717) is 5.56 Å². The molecule has 0 aliphatic carbocycles. The smallest absolute Gasteiger partial charge is 0.334 e. The van der Waals surface area contributed by atoms with Gasteiger partial charge in [0.25, 0.3) is 0 Å². The molecule has 2 rings (SSSR count). The average molecular weight is 386 g/mol. The van der Waals surface area contributed by atoms with Crippen molar-refractivity contribution in [2.75, 3.05) is 0 Å². The Morgan fingerprint density at radius 3 is 2.07 bits per heavy atom. The molecule has 0 unspecified atom stereocenters. The fourth-order valence-corrected chi connectivity index (χ4v) is 2.53. The van der Waals surface area contributed by atoms with Crippen LogP contribution in [0, 0.1) is 0 Å². The van der Waals surface area contributed by atoms with Gasteiger partial charge in [-0.05, 0) is 41.8 Å². The number of rotatable bonds is 8. The topological polar surface area (TPSA) is 139 Å². The highest BCUT2D eigenvalue weighted by atomic mass is 16.5. The zero-order valence-corrected chi connectivity index (χ0v) is 15.3. The maximum absolute atomic E-state index is 12.5. The van der Waals surface area contributed by atoms with Crippen molar-refractivity contribution in [3.05, 3.63) is 59.7 Å². The van der Waals surface area contributed by atoms with Gasteiger partial charge in [0.1, 0.15) is 23.6 Å². The minimum atomic E-state index is -1.09. The summed E-state index contributed by atoms with van der Waals surface area (Å²) in [4.78, 5) is 34.7. The van der Waals surface area contributed by atoms with E-state index in [1.54, 1.807) is 24.3 Å². The monoisotopic (exact) mass is 386 g/mol. The van der Waals surface area contributed by atoms with E-state index in [0.717, 1.165) is 5.56 Å². The molecule has 0 spiro atoms. The highest BCUT2D eigenvalue weighted by Gasteiger charge is 2.22. The van der Waals surface area contributed by atoms with Crippen LogP contribution in [0.25, 0.3) is 0 Å². The zero-order valence-electron chi connectivity index (χ0n) is 15.3. The molecule has 0 fully saturated rings. The number of carboxylic acid groups (broad SMARTS) is 1. The number of hydrogen-bond donors (Lipinski definition) is 4. The van der Waals surface area contributed by atoms with Crippen molar-refractivity contribution in [2.45, 2.75) is 31.8 Å². The first-order valence-electron chi connectivity index (χ1n) is 8.58. The fourth-order valence-electron chi connectivity index (χ4n) is 2.53. The molecule has 28 heavy (non-hydrogen) atoms. The molecule has 0 aromatic heterocycles. The first kappa shape index (κ1) is 20.9. The molecule has 0 aliphatic heterocycles. The third-order valence-corrected chi connectivity index (χ3v) is 3.95. The number of esters is 1. The number of phenols is 1. The Balaban J connectivity index is 2.04. The number of amides is 1. The number of hydrogen-bond acceptors (Lipinski definition) is 6. The maximum Gasteiger partial charge on any atom is 0.334 e. The fraction of sp³-hybridized carbons (Fsp3) is 0.250. The molecule has 2 atom stereocenters. The van der Waals surface area contributed by atoms with Crippen LogP contribution in [-0.4, -0.2) is 40.1 Å². The van der Waals surface area contributed by atoms with Crippen LogP contribution < -0.4 is 15.8 Å². The van der Waals surface area contributed by atoms with Crippen molar-refractivity contribution in [3.63, 3.8) is 0 Å². The van der Waals surface area contributed by atoms with Crippen molar-refractivity contribution >= 4 is 17.8 Å². The van der Waals surface area contributed by atoms with Gasteiger partial charge in [0.05, 0.1) is 0 Å². The normalized spacial score (nSPS) is 12.6. The first-order chi connectivity index (χ1) is 13.2. The largest absolute Gasteiger partial charge is 0.508 e. The lowest BCUT2D eigenvalue weighted by molar-refractivity contribution is -0.139. The Hall–Kier alpha value is -3.39. The van der Waals surface area contributed by atoms with Gasteiger partial charge < -0.3 is 26.0 Å². The molecule has 0 bridgehead atoms. The predicted molar refractivity (Wildman–Crippen MR) is 101 cm³/mol. The van der Waals surface area contributed by atoms with Crippen molar-refractivity contribution in [3.8, 4) is 11.5 Å². The number of benzene rings is 2. The Morgan fingerprint density at radius 2 is 1.54 bits per heavy atom. The highest BCUT2D eigenvalue weighted by Crippen LogP contribution is 2.16. The Kier molecular flexibility index (Phi) is 7.11. The summed E-state index contributed by atoms with van der Waals surface area (Å²) in [5, 5.41) is 20.7. The first-order valence-corrected chi connectivity index (χ1v) is 8.58. The van der Waals surface area contributed by atoms with Crippen LogP contribution in [0.2, 0.25) is 0 Å². The number of nitrogens with two attached hydrogens (primary N) is 1. The lowest BCUT2D eigenvalue weighted by Gasteiger charge is -2.17. The van der Waals surface area contributed by atoms with Gasteiger partial charge in [-0.15, -0.1) is 0 Å². The second kappa shape index (κ2) is 9.52. The molecule has 2 aromatic carbocycles. The van der Waals surface area contributed by atoms with Gasteiger partial charge in [-0.3, -0.25) is 9.59 Å². The number of aliphatic carboxylic acids is 1. The van der Waals surface area contributed by atoms with E-state index in [1.807, 2.05) is 0 Å². The lowest BCUT2D eigenvalue weighted by atomic mass is 10.1. The molecule has 0 heterocycles. The van der Waals surface area contributed by atoms with Crippen LogP contribution in [0.1, 0.15) is 18.1 Å². The summed E-state index contributed by atoms with van der Waals surface area (Å²) in [6.45, 7) is 1.30. The summed E-state index contributed by atoms with van der Waals surface area (Å²) in [6.07, 6.45) is 0.350. The number of phenolic OH excluding ortho intramolecular Hbond substituents is 1. The van der Waals surface area contributed by atoms with Crippen LogP contribution in [-0.2, 0) is 27.2 Å². The third kappa shape index (κ3) is 6.40. The molecule has 0 saturated carbocycles. The summed E-state index contributed by atoms with van der Waals surface area (Å²) in [5.41, 5.74) is 6.93. The minimum Gasteiger partial charge on any atom is -0.508 e. The molecule has 148 valence electrons. The Labute approximate surface area is 161 Å². The van der Waals surface area contributed by atoms with E-state index in [1.165, 1.54) is 31.2 Å². The molecule has 0 aliphatic rings. The third-order valence-electron chi connectivity index (χ3n) is 3.95. The minimum absolute atomic E-state index is 0.102. The highest BCUT2D eigenvalue weighted by molar-refractivity contribution is 5.84. The van der Waals surface area contributed by atoms with E-state index in [-0.39, 0.29) is 30.2 Å². The predicted octanol–water partition coefficient (Wildman–Crippen LogP) is 0.999. The molecule has 5 N–H and O–H groups in total. The summed E-state index contributed by atoms with van der Waals surface area (Å²) in [6, 6.07) is 10.7. The standard InChI is InChI=1S/C20H22N2O6/c1-12(23)22-18(11-14-2-6-15(24)7-3-14)20(27)28-16-8-4-13(5-9-16)10-17(21)19(25)26/h2-9,17-18,24H,10-11,21H2,1H3,(H,22,23)(H,25,26)/t17-,18-/m0/s1. The van der Waals surface area contributed by atoms with E-state index in [9.17, 15) is 19.5 Å². The number of carbonyl (C=O) groups is 3. The zero-order chi connectivity index (χ0) is 20.7. The summed E-state index contributed by atoms with van der Waals surface area (Å²) >= 11 is 0. The van der Waals surface area contributed by atoms with Crippen LogP contribution in [0.3, 0.4) is 0 Å². The van der Waals surface area contributed by atoms with E-state index in [4.69, 9.17) is 15.6 Å². The number of ether oxygens (including phenoxy) is 1.